The number of hydrogen-bond acceptors (Lipinski definition) is 4. The third-order valence-corrected chi connectivity index (χ3v) is 2.67. The molecule has 2 rings (SSSR count). The van der Waals surface area contributed by atoms with Gasteiger partial charge in [-0.3, -0.25) is 0 Å². The minimum Gasteiger partial charge on any atom is -0.345 e. The third-order valence-electron chi connectivity index (χ3n) is 2.00. The fourth-order valence-electron chi connectivity index (χ4n) is 1.27. The zero-order valence-corrected chi connectivity index (χ0v) is 9.87. The van der Waals surface area contributed by atoms with E-state index < -0.39 is 10.0 Å². The molecule has 0 bridgehead atoms. The normalized spacial score (nSPS) is 11.1. The minimum atomic E-state index is -3.19. The van der Waals surface area contributed by atoms with Crippen LogP contribution in [0.1, 0.15) is 5.56 Å². The highest BCUT2D eigenvalue weighted by molar-refractivity contribution is 7.88. The topological polar surface area (TPSA) is 87.7 Å². The van der Waals surface area contributed by atoms with Gasteiger partial charge in [-0.05, 0) is 0 Å². The van der Waals surface area contributed by atoms with Gasteiger partial charge in [-0.1, -0.05) is 11.8 Å². The van der Waals surface area contributed by atoms with Crippen LogP contribution < -0.4 is 4.72 Å². The first-order valence-corrected chi connectivity index (χ1v) is 6.66. The Morgan fingerprint density at radius 3 is 3.12 bits per heavy atom. The highest BCUT2D eigenvalue weighted by atomic mass is 32.2. The second kappa shape index (κ2) is 4.53. The van der Waals surface area contributed by atoms with Crippen molar-refractivity contribution in [2.45, 2.75) is 0 Å². The number of nitrogens with zero attached hydrogens (tertiary/aromatic N) is 2. The minimum absolute atomic E-state index is 0.0825. The Balaban J connectivity index is 2.17. The number of H-pyrrole nitrogens is 1. The average molecular weight is 250 g/mol. The van der Waals surface area contributed by atoms with Crippen molar-refractivity contribution in [2.75, 3.05) is 12.8 Å². The van der Waals surface area contributed by atoms with Crippen molar-refractivity contribution in [1.29, 1.82) is 0 Å². The summed E-state index contributed by atoms with van der Waals surface area (Å²) in [4.78, 5) is 10.9. The molecule has 0 atom stereocenters. The van der Waals surface area contributed by atoms with Gasteiger partial charge in [-0.15, -0.1) is 0 Å². The molecule has 0 amide bonds. The van der Waals surface area contributed by atoms with Crippen LogP contribution in [-0.2, 0) is 10.0 Å². The molecular formula is C10H10N4O2S. The molecule has 2 N–H and O–H groups in total. The van der Waals surface area contributed by atoms with Gasteiger partial charge in [0.1, 0.15) is 12.0 Å². The SMILES string of the molecule is CS(=O)(=O)NCC#Cc1c[nH]c2ncncc12. The van der Waals surface area contributed by atoms with Gasteiger partial charge in [0.2, 0.25) is 10.0 Å². The summed E-state index contributed by atoms with van der Waals surface area (Å²) >= 11 is 0. The Hall–Kier alpha value is -1.91. The summed E-state index contributed by atoms with van der Waals surface area (Å²) in [6.45, 7) is 0.0825. The van der Waals surface area contributed by atoms with E-state index in [0.717, 1.165) is 17.2 Å². The van der Waals surface area contributed by atoms with Crippen molar-refractivity contribution >= 4 is 21.1 Å². The lowest BCUT2D eigenvalue weighted by molar-refractivity contribution is 0.592. The molecule has 17 heavy (non-hydrogen) atoms. The summed E-state index contributed by atoms with van der Waals surface area (Å²) in [5, 5.41) is 0.819. The first-order chi connectivity index (χ1) is 8.06. The van der Waals surface area contributed by atoms with Crippen LogP contribution in [0.4, 0.5) is 0 Å². The van der Waals surface area contributed by atoms with Gasteiger partial charge < -0.3 is 4.98 Å². The number of aromatic nitrogens is 3. The van der Waals surface area contributed by atoms with E-state index in [1.54, 1.807) is 12.4 Å². The average Bonchev–Trinajstić information content (AvgIpc) is 2.67. The Morgan fingerprint density at radius 1 is 1.53 bits per heavy atom. The van der Waals surface area contributed by atoms with E-state index in [1.807, 2.05) is 0 Å². The lowest BCUT2D eigenvalue weighted by atomic mass is 10.2. The lowest BCUT2D eigenvalue weighted by Gasteiger charge is -1.92. The summed E-state index contributed by atoms with van der Waals surface area (Å²) in [5.41, 5.74) is 1.45. The van der Waals surface area contributed by atoms with E-state index in [9.17, 15) is 8.42 Å². The van der Waals surface area contributed by atoms with Gasteiger partial charge in [0.25, 0.3) is 0 Å². The summed E-state index contributed by atoms with van der Waals surface area (Å²) in [7, 11) is -3.19. The molecule has 0 aromatic carbocycles. The van der Waals surface area contributed by atoms with Gasteiger partial charge in [-0.2, -0.15) is 0 Å². The molecule has 7 heteroatoms. The molecular weight excluding hydrogens is 240 g/mol. The molecule has 0 saturated heterocycles. The van der Waals surface area contributed by atoms with Gasteiger partial charge in [0, 0.05) is 12.4 Å². The predicted octanol–water partition coefficient (Wildman–Crippen LogP) is -0.141. The van der Waals surface area contributed by atoms with Gasteiger partial charge in [-0.25, -0.2) is 23.1 Å². The fraction of sp³-hybridized carbons (Fsp3) is 0.200. The second-order valence-corrected chi connectivity index (χ2v) is 5.22. The molecule has 2 heterocycles. The van der Waals surface area contributed by atoms with Gasteiger partial charge >= 0.3 is 0 Å². The predicted molar refractivity (Wildman–Crippen MR) is 63.6 cm³/mol. The molecule has 0 unspecified atom stereocenters. The zero-order chi connectivity index (χ0) is 12.3. The van der Waals surface area contributed by atoms with E-state index >= 15 is 0 Å². The Bertz CT molecular complexity index is 694. The number of aromatic amines is 1. The van der Waals surface area contributed by atoms with E-state index in [4.69, 9.17) is 0 Å². The van der Waals surface area contributed by atoms with Crippen LogP contribution in [0.3, 0.4) is 0 Å². The van der Waals surface area contributed by atoms with Crippen LogP contribution in [0.5, 0.6) is 0 Å². The second-order valence-electron chi connectivity index (χ2n) is 3.38. The van der Waals surface area contributed by atoms with Crippen LogP contribution >= 0.6 is 0 Å². The number of fused-ring (bicyclic) bond motifs is 1. The molecule has 0 fully saturated rings. The van der Waals surface area contributed by atoms with Crippen molar-refractivity contribution in [3.05, 3.63) is 24.3 Å². The van der Waals surface area contributed by atoms with Crippen LogP contribution in [0.15, 0.2) is 18.7 Å². The largest absolute Gasteiger partial charge is 0.345 e. The molecule has 0 aliphatic carbocycles. The van der Waals surface area contributed by atoms with Crippen LogP contribution in [0, 0.1) is 11.8 Å². The molecule has 0 aliphatic rings. The first kappa shape index (κ1) is 11.6. The van der Waals surface area contributed by atoms with Gasteiger partial charge in [0.15, 0.2) is 0 Å². The highest BCUT2D eigenvalue weighted by Gasteiger charge is 2.01. The van der Waals surface area contributed by atoms with Gasteiger partial charge in [0.05, 0.1) is 23.8 Å². The molecule has 0 saturated carbocycles. The maximum absolute atomic E-state index is 10.8. The molecule has 2 aromatic rings. The summed E-state index contributed by atoms with van der Waals surface area (Å²) in [6.07, 6.45) is 5.91. The zero-order valence-electron chi connectivity index (χ0n) is 9.06. The fourth-order valence-corrected chi connectivity index (χ4v) is 1.60. The van der Waals surface area contributed by atoms with Crippen molar-refractivity contribution in [2.24, 2.45) is 0 Å². The maximum atomic E-state index is 10.8. The Morgan fingerprint density at radius 2 is 2.35 bits per heavy atom. The maximum Gasteiger partial charge on any atom is 0.209 e. The molecule has 6 nitrogen and oxygen atoms in total. The molecule has 2 aromatic heterocycles. The van der Waals surface area contributed by atoms with E-state index in [-0.39, 0.29) is 6.54 Å². The Labute approximate surface area is 98.5 Å². The molecule has 0 radical (unpaired) electrons. The number of hydrogen-bond donors (Lipinski definition) is 2. The van der Waals surface area contributed by atoms with Crippen molar-refractivity contribution in [3.8, 4) is 11.8 Å². The number of sulfonamides is 1. The summed E-state index contributed by atoms with van der Waals surface area (Å²) < 4.78 is 23.9. The first-order valence-electron chi connectivity index (χ1n) is 4.77. The quantitative estimate of drug-likeness (QED) is 0.726. The standard InChI is InChI=1S/C10H10N4O2S/c1-17(15,16)14-4-2-3-8-5-12-10-9(8)6-11-7-13-10/h5-7,14H,4H2,1H3,(H,11,12,13). The number of nitrogens with one attached hydrogen (secondary N) is 2. The van der Waals surface area contributed by atoms with E-state index in [0.29, 0.717) is 5.65 Å². The van der Waals surface area contributed by atoms with Crippen LogP contribution in [0.2, 0.25) is 0 Å². The van der Waals surface area contributed by atoms with Crippen molar-refractivity contribution < 1.29 is 8.42 Å². The highest BCUT2D eigenvalue weighted by Crippen LogP contribution is 2.12. The van der Waals surface area contributed by atoms with E-state index in [2.05, 4.69) is 31.5 Å². The molecule has 0 aliphatic heterocycles. The van der Waals surface area contributed by atoms with E-state index in [1.165, 1.54) is 6.33 Å². The van der Waals surface area contributed by atoms with Crippen molar-refractivity contribution in [1.82, 2.24) is 19.7 Å². The molecule has 0 spiro atoms. The monoisotopic (exact) mass is 250 g/mol. The third kappa shape index (κ3) is 3.03. The summed E-state index contributed by atoms with van der Waals surface area (Å²) in [5.74, 6) is 5.57. The smallest absolute Gasteiger partial charge is 0.209 e. The number of rotatable bonds is 2. The summed E-state index contributed by atoms with van der Waals surface area (Å²) in [6, 6.07) is 0. The molecule has 88 valence electrons. The van der Waals surface area contributed by atoms with Crippen LogP contribution in [0.25, 0.3) is 11.0 Å². The Kier molecular flexibility index (Phi) is 3.08. The van der Waals surface area contributed by atoms with Crippen LogP contribution in [-0.4, -0.2) is 36.2 Å². The van der Waals surface area contributed by atoms with Crippen molar-refractivity contribution in [3.63, 3.8) is 0 Å². The lowest BCUT2D eigenvalue weighted by Crippen LogP contribution is -2.21.